The van der Waals surface area contributed by atoms with Gasteiger partial charge in [-0.25, -0.2) is 18.9 Å². The number of phenolic OH excluding ortho intramolecular Hbond substituents is 2. The summed E-state index contributed by atoms with van der Waals surface area (Å²) >= 11 is 0. The van der Waals surface area contributed by atoms with Crippen LogP contribution >= 0.6 is 0 Å². The van der Waals surface area contributed by atoms with Crippen LogP contribution in [0.2, 0.25) is 0 Å². The Hall–Kier alpha value is -4.29. The molecule has 11 nitrogen and oxygen atoms in total. The number of rotatable bonds is 20. The number of azo groups is 1. The van der Waals surface area contributed by atoms with Gasteiger partial charge in [-0.1, -0.05) is 102 Å². The first-order valence-corrected chi connectivity index (χ1v) is 19.3. The second-order valence-electron chi connectivity index (χ2n) is 12.8. The van der Waals surface area contributed by atoms with E-state index in [-0.39, 0.29) is 27.0 Å². The van der Waals surface area contributed by atoms with E-state index in [9.17, 15) is 28.2 Å². The first-order chi connectivity index (χ1) is 24.2. The number of likely N-dealkylation sites (N-methyl/N-ethyl adjacent to an activating group) is 1. The molecule has 0 bridgehead atoms. The number of carbonyl (C=O) groups excluding carboxylic acids is 2. The second kappa shape index (κ2) is 19.2. The third-order valence-corrected chi connectivity index (χ3v) is 10.8. The standard InChI is InChI=1S/C38H51N5O6S/c1-3-4-5-6-7-8-9-10-11-12-13-14-16-19-28-26-31(44)27-33(36(28)45)50(48,49)32-24-22-29(23-25-32)40-41-35-34(37(46)39-2)42-43(38(35)47)30-20-17-15-18-21-30/h15,17-18,20-27,34-35,42,44-45H,3-14,16,19H2,1-2H3,(H,39,46). The highest BCUT2D eigenvalue weighted by atomic mass is 32.2. The van der Waals surface area contributed by atoms with Crippen molar-refractivity contribution in [2.45, 2.75) is 119 Å². The van der Waals surface area contributed by atoms with Crippen molar-refractivity contribution in [3.8, 4) is 11.5 Å². The van der Waals surface area contributed by atoms with Crippen LogP contribution in [0.1, 0.15) is 96.0 Å². The third-order valence-electron chi connectivity index (χ3n) is 9.02. The highest BCUT2D eigenvalue weighted by Gasteiger charge is 2.45. The molecule has 1 aliphatic heterocycles. The van der Waals surface area contributed by atoms with Crippen LogP contribution in [0.15, 0.2) is 86.7 Å². The normalized spacial score (nSPS) is 16.4. The molecule has 2 atom stereocenters. The molecule has 2 amide bonds. The van der Waals surface area contributed by atoms with E-state index in [1.807, 2.05) is 6.07 Å². The van der Waals surface area contributed by atoms with Crippen molar-refractivity contribution >= 4 is 33.0 Å². The van der Waals surface area contributed by atoms with Crippen molar-refractivity contribution in [3.05, 3.63) is 72.3 Å². The number of nitrogens with one attached hydrogen (secondary N) is 2. The number of benzene rings is 3. The third kappa shape index (κ3) is 10.4. The van der Waals surface area contributed by atoms with Gasteiger partial charge in [0.05, 0.1) is 16.3 Å². The summed E-state index contributed by atoms with van der Waals surface area (Å²) in [6, 6.07) is 14.6. The zero-order valence-electron chi connectivity index (χ0n) is 29.2. The zero-order chi connectivity index (χ0) is 35.9. The highest BCUT2D eigenvalue weighted by Crippen LogP contribution is 2.36. The molecule has 0 aliphatic carbocycles. The molecule has 1 fully saturated rings. The lowest BCUT2D eigenvalue weighted by Gasteiger charge is -2.16. The number of unbranched alkanes of at least 4 members (excludes halogenated alkanes) is 12. The van der Waals surface area contributed by atoms with E-state index >= 15 is 0 Å². The Morgan fingerprint density at radius 3 is 2.00 bits per heavy atom. The largest absolute Gasteiger partial charge is 0.508 e. The molecule has 1 aliphatic rings. The molecule has 0 spiro atoms. The van der Waals surface area contributed by atoms with E-state index in [1.54, 1.807) is 24.3 Å². The molecule has 1 heterocycles. The molecular formula is C38H51N5O6S. The van der Waals surface area contributed by atoms with Crippen LogP contribution in [0.3, 0.4) is 0 Å². The summed E-state index contributed by atoms with van der Waals surface area (Å²) in [6.07, 6.45) is 16.2. The van der Waals surface area contributed by atoms with Crippen molar-refractivity contribution in [2.24, 2.45) is 10.2 Å². The zero-order valence-corrected chi connectivity index (χ0v) is 30.0. The molecule has 50 heavy (non-hydrogen) atoms. The maximum atomic E-state index is 13.6. The topological polar surface area (TPSA) is 161 Å². The van der Waals surface area contributed by atoms with E-state index in [0.717, 1.165) is 31.7 Å². The number of carbonyl (C=O) groups is 2. The minimum absolute atomic E-state index is 0.110. The van der Waals surface area contributed by atoms with Gasteiger partial charge in [0.15, 0.2) is 6.04 Å². The fourth-order valence-corrected chi connectivity index (χ4v) is 7.54. The number of para-hydroxylation sites is 1. The van der Waals surface area contributed by atoms with E-state index in [0.29, 0.717) is 17.7 Å². The molecule has 12 heteroatoms. The lowest BCUT2D eigenvalue weighted by molar-refractivity contribution is -0.124. The van der Waals surface area contributed by atoms with E-state index in [4.69, 9.17) is 0 Å². The van der Waals surface area contributed by atoms with Gasteiger partial charge in [0.25, 0.3) is 5.91 Å². The van der Waals surface area contributed by atoms with E-state index < -0.39 is 33.7 Å². The predicted octanol–water partition coefficient (Wildman–Crippen LogP) is 7.68. The van der Waals surface area contributed by atoms with Crippen LogP contribution in [0.25, 0.3) is 0 Å². The molecule has 2 unspecified atom stereocenters. The molecule has 0 saturated carbocycles. The number of aryl methyl sites for hydroxylation is 1. The van der Waals surface area contributed by atoms with Crippen LogP contribution in [-0.4, -0.2) is 49.6 Å². The highest BCUT2D eigenvalue weighted by molar-refractivity contribution is 7.91. The summed E-state index contributed by atoms with van der Waals surface area (Å²) < 4.78 is 27.1. The van der Waals surface area contributed by atoms with Crippen molar-refractivity contribution in [1.29, 1.82) is 0 Å². The predicted molar refractivity (Wildman–Crippen MR) is 194 cm³/mol. The average molecular weight is 706 g/mol. The van der Waals surface area contributed by atoms with E-state index in [2.05, 4.69) is 27.9 Å². The van der Waals surface area contributed by atoms with Gasteiger partial charge < -0.3 is 15.5 Å². The fourth-order valence-electron chi connectivity index (χ4n) is 6.13. The van der Waals surface area contributed by atoms with Gasteiger partial charge in [-0.3, -0.25) is 9.59 Å². The molecule has 4 rings (SSSR count). The van der Waals surface area contributed by atoms with Crippen molar-refractivity contribution < 1.29 is 28.2 Å². The minimum atomic E-state index is -4.20. The lowest BCUT2D eigenvalue weighted by atomic mass is 10.0. The Balaban J connectivity index is 1.33. The van der Waals surface area contributed by atoms with Gasteiger partial charge in [-0.05, 0) is 60.9 Å². The number of hydrogen-bond donors (Lipinski definition) is 4. The Kier molecular flexibility index (Phi) is 14.8. The van der Waals surface area contributed by atoms with Crippen molar-refractivity contribution in [3.63, 3.8) is 0 Å². The summed E-state index contributed by atoms with van der Waals surface area (Å²) in [6.45, 7) is 2.24. The number of hydrazine groups is 1. The number of aromatic hydroxyl groups is 2. The van der Waals surface area contributed by atoms with Gasteiger partial charge in [-0.15, -0.1) is 0 Å². The molecule has 3 aromatic rings. The van der Waals surface area contributed by atoms with Crippen LogP contribution in [-0.2, 0) is 25.8 Å². The summed E-state index contributed by atoms with van der Waals surface area (Å²) in [5.41, 5.74) is 4.08. The Morgan fingerprint density at radius 2 is 1.42 bits per heavy atom. The quantitative estimate of drug-likeness (QED) is 0.0533. The van der Waals surface area contributed by atoms with E-state index in [1.165, 1.54) is 100 Å². The number of nitrogens with zero attached hydrogens (tertiary/aromatic N) is 3. The molecule has 1 saturated heterocycles. The maximum absolute atomic E-state index is 13.6. The maximum Gasteiger partial charge on any atom is 0.270 e. The molecule has 4 N–H and O–H groups in total. The molecular weight excluding hydrogens is 655 g/mol. The summed E-state index contributed by atoms with van der Waals surface area (Å²) in [5.74, 6) is -1.51. The van der Waals surface area contributed by atoms with Gasteiger partial charge in [0.2, 0.25) is 15.7 Å². The summed E-state index contributed by atoms with van der Waals surface area (Å²) in [4.78, 5) is 25.2. The number of phenols is 2. The number of anilines is 1. The first-order valence-electron chi connectivity index (χ1n) is 17.8. The van der Waals surface area contributed by atoms with Gasteiger partial charge in [0.1, 0.15) is 22.4 Å². The molecule has 3 aromatic carbocycles. The van der Waals surface area contributed by atoms with Crippen LogP contribution in [0.5, 0.6) is 11.5 Å². The second-order valence-corrected chi connectivity index (χ2v) is 14.8. The molecule has 0 radical (unpaired) electrons. The Morgan fingerprint density at radius 1 is 0.840 bits per heavy atom. The number of sulfone groups is 1. The monoisotopic (exact) mass is 705 g/mol. The smallest absolute Gasteiger partial charge is 0.270 e. The summed E-state index contributed by atoms with van der Waals surface area (Å²) in [5, 5.41) is 33.4. The van der Waals surface area contributed by atoms with Crippen molar-refractivity contribution in [1.82, 2.24) is 10.7 Å². The fraction of sp³-hybridized carbons (Fsp3) is 0.474. The van der Waals surface area contributed by atoms with Gasteiger partial charge in [-0.2, -0.15) is 10.2 Å². The lowest BCUT2D eigenvalue weighted by Crippen LogP contribution is -2.46. The van der Waals surface area contributed by atoms with Crippen LogP contribution in [0, 0.1) is 0 Å². The van der Waals surface area contributed by atoms with Crippen molar-refractivity contribution in [2.75, 3.05) is 12.1 Å². The SMILES string of the molecule is CCCCCCCCCCCCCCCc1cc(O)cc(S(=O)(=O)c2ccc(N=NC3C(=O)N(c4ccccc4)NC3C(=O)NC)cc2)c1O. The average Bonchev–Trinajstić information content (AvgIpc) is 3.46. The van der Waals surface area contributed by atoms with Gasteiger partial charge in [0, 0.05) is 13.1 Å². The van der Waals surface area contributed by atoms with Crippen LogP contribution in [0.4, 0.5) is 11.4 Å². The molecule has 0 aromatic heterocycles. The first kappa shape index (κ1) is 38.5. The Labute approximate surface area is 296 Å². The number of amides is 2. The van der Waals surface area contributed by atoms with Crippen LogP contribution < -0.4 is 15.8 Å². The Bertz CT molecular complexity index is 1680. The summed E-state index contributed by atoms with van der Waals surface area (Å²) in [7, 11) is -2.74. The number of hydrogen-bond acceptors (Lipinski definition) is 9. The molecule has 270 valence electrons. The minimum Gasteiger partial charge on any atom is -0.508 e. The van der Waals surface area contributed by atoms with Gasteiger partial charge >= 0.3 is 0 Å².